The second kappa shape index (κ2) is 12.1. The largest absolute Gasteiger partial charge is 0.324 e. The van der Waals surface area contributed by atoms with Crippen LogP contribution in [0.25, 0.3) is 0 Å². The molecule has 0 saturated heterocycles. The van der Waals surface area contributed by atoms with Crippen molar-refractivity contribution in [2.75, 3.05) is 11.9 Å². The predicted octanol–water partition coefficient (Wildman–Crippen LogP) is 7.36. The van der Waals surface area contributed by atoms with Crippen molar-refractivity contribution in [1.82, 2.24) is 4.31 Å². The number of hydrogen-bond acceptors (Lipinski definition) is 3. The van der Waals surface area contributed by atoms with Gasteiger partial charge in [0.1, 0.15) is 0 Å². The molecule has 10 heteroatoms. The molecule has 0 aliphatic carbocycles. The first-order valence-electron chi connectivity index (χ1n) is 10.9. The molecule has 186 valence electrons. The van der Waals surface area contributed by atoms with Gasteiger partial charge in [-0.25, -0.2) is 8.42 Å². The van der Waals surface area contributed by atoms with Crippen molar-refractivity contribution in [1.29, 1.82) is 0 Å². The van der Waals surface area contributed by atoms with Crippen molar-refractivity contribution in [3.05, 3.63) is 90.8 Å². The van der Waals surface area contributed by atoms with Crippen LogP contribution >= 0.6 is 50.7 Å². The van der Waals surface area contributed by atoms with Crippen LogP contribution < -0.4 is 5.32 Å². The maximum Gasteiger partial charge on any atom is 0.243 e. The number of carbonyl (C=O) groups is 1. The van der Waals surface area contributed by atoms with Crippen LogP contribution in [0.1, 0.15) is 30.5 Å². The molecular formula is C25H24BrCl3N2O3S. The van der Waals surface area contributed by atoms with Gasteiger partial charge in [0.15, 0.2) is 0 Å². The minimum Gasteiger partial charge on any atom is -0.324 e. The molecule has 3 aromatic rings. The summed E-state index contributed by atoms with van der Waals surface area (Å²) in [4.78, 5) is 13.2. The molecule has 1 amide bonds. The van der Waals surface area contributed by atoms with Gasteiger partial charge in [-0.1, -0.05) is 70.6 Å². The van der Waals surface area contributed by atoms with Gasteiger partial charge >= 0.3 is 0 Å². The number of halogens is 4. The number of hydrogen-bond donors (Lipinski definition) is 1. The van der Waals surface area contributed by atoms with Crippen molar-refractivity contribution in [2.45, 2.75) is 38.1 Å². The van der Waals surface area contributed by atoms with Crippen molar-refractivity contribution in [2.24, 2.45) is 0 Å². The van der Waals surface area contributed by atoms with Crippen LogP contribution in [0.5, 0.6) is 0 Å². The highest BCUT2D eigenvalue weighted by atomic mass is 79.9. The summed E-state index contributed by atoms with van der Waals surface area (Å²) in [5.74, 6) is -0.459. The smallest absolute Gasteiger partial charge is 0.243 e. The van der Waals surface area contributed by atoms with Gasteiger partial charge in [0.2, 0.25) is 15.9 Å². The van der Waals surface area contributed by atoms with Crippen LogP contribution in [-0.2, 0) is 34.2 Å². The molecule has 0 aliphatic heterocycles. The first-order chi connectivity index (χ1) is 16.5. The molecule has 0 saturated carbocycles. The highest BCUT2D eigenvalue weighted by Crippen LogP contribution is 2.29. The quantitative estimate of drug-likeness (QED) is 0.273. The molecule has 0 radical (unpaired) electrons. The van der Waals surface area contributed by atoms with Crippen LogP contribution in [0.3, 0.4) is 0 Å². The standard InChI is InChI=1S/C25H24BrCl3N2O3S/c1-3-16-11-19(26)12-17(4-2)25(16)30-24(32)15-31(14-18-5-6-21(28)13-23(18)29)35(33,34)22-9-7-20(27)8-10-22/h5-13H,3-4,14-15H2,1-2H3,(H,30,32). The highest BCUT2D eigenvalue weighted by molar-refractivity contribution is 9.10. The van der Waals surface area contributed by atoms with Crippen LogP contribution in [-0.4, -0.2) is 25.2 Å². The molecule has 0 spiro atoms. The molecule has 0 heterocycles. The molecule has 0 atom stereocenters. The van der Waals surface area contributed by atoms with Crippen molar-refractivity contribution in [3.8, 4) is 0 Å². The van der Waals surface area contributed by atoms with E-state index in [1.807, 2.05) is 26.0 Å². The number of sulfonamides is 1. The Morgan fingerprint density at radius 3 is 2.00 bits per heavy atom. The fraction of sp³-hybridized carbons (Fsp3) is 0.240. The fourth-order valence-corrected chi connectivity index (χ4v) is 6.13. The molecule has 0 aliphatic rings. The van der Waals surface area contributed by atoms with Gasteiger partial charge in [0.25, 0.3) is 0 Å². The Hall–Kier alpha value is -1.61. The third kappa shape index (κ3) is 7.00. The summed E-state index contributed by atoms with van der Waals surface area (Å²) >= 11 is 21.8. The maximum absolute atomic E-state index is 13.5. The van der Waals surface area contributed by atoms with Crippen LogP contribution in [0.2, 0.25) is 15.1 Å². The van der Waals surface area contributed by atoms with E-state index in [4.69, 9.17) is 34.8 Å². The van der Waals surface area contributed by atoms with E-state index in [2.05, 4.69) is 21.2 Å². The molecule has 0 aromatic heterocycles. The van der Waals surface area contributed by atoms with E-state index >= 15 is 0 Å². The molecule has 3 aromatic carbocycles. The number of benzene rings is 3. The number of rotatable bonds is 9. The van der Waals surface area contributed by atoms with Crippen molar-refractivity contribution < 1.29 is 13.2 Å². The molecule has 35 heavy (non-hydrogen) atoms. The molecule has 5 nitrogen and oxygen atoms in total. The Labute approximate surface area is 229 Å². The van der Waals surface area contributed by atoms with Gasteiger partial charge in [-0.05, 0) is 78.1 Å². The lowest BCUT2D eigenvalue weighted by Gasteiger charge is -2.23. The average Bonchev–Trinajstić information content (AvgIpc) is 2.81. The zero-order valence-electron chi connectivity index (χ0n) is 19.1. The molecule has 0 fully saturated rings. The van der Waals surface area contributed by atoms with Gasteiger partial charge in [-0.15, -0.1) is 0 Å². The first-order valence-corrected chi connectivity index (χ1v) is 14.2. The van der Waals surface area contributed by atoms with E-state index in [0.717, 1.165) is 19.9 Å². The van der Waals surface area contributed by atoms with E-state index < -0.39 is 22.5 Å². The molecule has 1 N–H and O–H groups in total. The van der Waals surface area contributed by atoms with E-state index in [-0.39, 0.29) is 11.4 Å². The van der Waals surface area contributed by atoms with Gasteiger partial charge in [0.05, 0.1) is 11.4 Å². The van der Waals surface area contributed by atoms with Gasteiger partial charge < -0.3 is 5.32 Å². The second-order valence-corrected chi connectivity index (χ2v) is 12.0. The van der Waals surface area contributed by atoms with Gasteiger partial charge in [-0.3, -0.25) is 4.79 Å². The molecular weight excluding hydrogens is 595 g/mol. The molecule has 3 rings (SSSR count). The summed E-state index contributed by atoms with van der Waals surface area (Å²) in [5.41, 5.74) is 3.14. The van der Waals surface area contributed by atoms with E-state index in [1.165, 1.54) is 30.3 Å². The summed E-state index contributed by atoms with van der Waals surface area (Å²) in [7, 11) is -4.05. The number of anilines is 1. The maximum atomic E-state index is 13.5. The van der Waals surface area contributed by atoms with Crippen LogP contribution in [0, 0.1) is 0 Å². The summed E-state index contributed by atoms with van der Waals surface area (Å²) in [5, 5.41) is 4.08. The Morgan fingerprint density at radius 2 is 1.46 bits per heavy atom. The lowest BCUT2D eigenvalue weighted by molar-refractivity contribution is -0.116. The molecule has 0 bridgehead atoms. The van der Waals surface area contributed by atoms with E-state index in [0.29, 0.717) is 39.2 Å². The van der Waals surface area contributed by atoms with Crippen molar-refractivity contribution in [3.63, 3.8) is 0 Å². The summed E-state index contributed by atoms with van der Waals surface area (Å²) in [6.07, 6.45) is 1.41. The Balaban J connectivity index is 1.97. The summed E-state index contributed by atoms with van der Waals surface area (Å²) in [6.45, 7) is 3.47. The van der Waals surface area contributed by atoms with Crippen LogP contribution in [0.15, 0.2) is 64.0 Å². The number of nitrogens with one attached hydrogen (secondary N) is 1. The van der Waals surface area contributed by atoms with Gasteiger partial charge in [0, 0.05) is 31.8 Å². The van der Waals surface area contributed by atoms with Crippen LogP contribution in [0.4, 0.5) is 5.69 Å². The Bertz CT molecular complexity index is 1310. The Morgan fingerprint density at radius 1 is 0.886 bits per heavy atom. The van der Waals surface area contributed by atoms with E-state index in [9.17, 15) is 13.2 Å². The molecule has 0 unspecified atom stereocenters. The van der Waals surface area contributed by atoms with Crippen molar-refractivity contribution >= 4 is 72.4 Å². The number of aryl methyl sites for hydroxylation is 2. The number of nitrogens with zero attached hydrogens (tertiary/aromatic N) is 1. The monoisotopic (exact) mass is 616 g/mol. The lowest BCUT2D eigenvalue weighted by atomic mass is 10.0. The zero-order valence-corrected chi connectivity index (χ0v) is 23.8. The average molecular weight is 619 g/mol. The minimum absolute atomic E-state index is 0.0203. The fourth-order valence-electron chi connectivity index (χ4n) is 3.60. The summed E-state index contributed by atoms with van der Waals surface area (Å²) < 4.78 is 29.1. The Kier molecular flexibility index (Phi) is 9.66. The third-order valence-electron chi connectivity index (χ3n) is 5.43. The van der Waals surface area contributed by atoms with Gasteiger partial charge in [-0.2, -0.15) is 4.31 Å². The SMILES string of the molecule is CCc1cc(Br)cc(CC)c1NC(=O)CN(Cc1ccc(Cl)cc1Cl)S(=O)(=O)c1ccc(Cl)cc1. The minimum atomic E-state index is -4.05. The topological polar surface area (TPSA) is 66.5 Å². The number of carbonyl (C=O) groups excluding carboxylic acids is 1. The summed E-state index contributed by atoms with van der Waals surface area (Å²) in [6, 6.07) is 14.5. The highest BCUT2D eigenvalue weighted by Gasteiger charge is 2.28. The lowest BCUT2D eigenvalue weighted by Crippen LogP contribution is -2.38. The van der Waals surface area contributed by atoms with E-state index in [1.54, 1.807) is 12.1 Å². The third-order valence-corrected chi connectivity index (χ3v) is 8.53. The predicted molar refractivity (Wildman–Crippen MR) is 147 cm³/mol. The normalized spacial score (nSPS) is 11.6. The first kappa shape index (κ1) is 28.0. The number of amides is 1. The second-order valence-electron chi connectivity index (χ2n) is 7.82. The zero-order chi connectivity index (χ0) is 25.8.